The van der Waals surface area contributed by atoms with Gasteiger partial charge in [0.15, 0.2) is 0 Å². The van der Waals surface area contributed by atoms with Crippen molar-refractivity contribution in [3.8, 4) is 0 Å². The standard InChI is InChI=1S/C17H20N4O5/c1-11-5-6-12(14(10-11)21(25)26)19-17(24)16(23)18-8-7-15(22)13-4-3-9-20(13)2/h3-6,9-10,15,22H,7-8H2,1-2H3,(H,18,23)(H,19,24). The molecule has 138 valence electrons. The Hall–Kier alpha value is -3.20. The van der Waals surface area contributed by atoms with Crippen molar-refractivity contribution in [2.24, 2.45) is 7.05 Å². The average molecular weight is 360 g/mol. The Balaban J connectivity index is 1.89. The number of nitrogens with one attached hydrogen (secondary N) is 2. The molecule has 1 atom stereocenters. The lowest BCUT2D eigenvalue weighted by Gasteiger charge is -2.12. The van der Waals surface area contributed by atoms with Gasteiger partial charge in [-0.05, 0) is 37.1 Å². The third kappa shape index (κ3) is 4.67. The van der Waals surface area contributed by atoms with Crippen molar-refractivity contribution in [2.75, 3.05) is 11.9 Å². The molecule has 0 spiro atoms. The Morgan fingerprint density at radius 3 is 2.65 bits per heavy atom. The number of aromatic nitrogens is 1. The van der Waals surface area contributed by atoms with Gasteiger partial charge in [-0.15, -0.1) is 0 Å². The van der Waals surface area contributed by atoms with Gasteiger partial charge in [0, 0.05) is 31.5 Å². The quantitative estimate of drug-likeness (QED) is 0.408. The summed E-state index contributed by atoms with van der Waals surface area (Å²) in [5.41, 5.74) is 1.02. The molecule has 0 aliphatic rings. The van der Waals surface area contributed by atoms with Gasteiger partial charge in [-0.25, -0.2) is 0 Å². The SMILES string of the molecule is Cc1ccc(NC(=O)C(=O)NCCC(O)c2cccn2C)c([N+](=O)[O-])c1. The maximum Gasteiger partial charge on any atom is 0.313 e. The van der Waals surface area contributed by atoms with E-state index in [1.807, 2.05) is 0 Å². The highest BCUT2D eigenvalue weighted by Gasteiger charge is 2.20. The van der Waals surface area contributed by atoms with E-state index in [-0.39, 0.29) is 24.3 Å². The van der Waals surface area contributed by atoms with Gasteiger partial charge in [-0.2, -0.15) is 0 Å². The molecule has 1 unspecified atom stereocenters. The number of nitrogens with zero attached hydrogens (tertiary/aromatic N) is 2. The average Bonchev–Trinajstić information content (AvgIpc) is 3.02. The molecule has 0 aliphatic heterocycles. The fraction of sp³-hybridized carbons (Fsp3) is 0.294. The molecule has 0 radical (unpaired) electrons. The maximum atomic E-state index is 11.9. The first-order valence-corrected chi connectivity index (χ1v) is 7.93. The van der Waals surface area contributed by atoms with Crippen molar-refractivity contribution in [2.45, 2.75) is 19.4 Å². The molecule has 2 rings (SSSR count). The molecule has 26 heavy (non-hydrogen) atoms. The number of benzene rings is 1. The van der Waals surface area contributed by atoms with Gasteiger partial charge < -0.3 is 20.3 Å². The minimum absolute atomic E-state index is 0.0513. The Labute approximate surface area is 149 Å². The smallest absolute Gasteiger partial charge is 0.313 e. The van der Waals surface area contributed by atoms with Crippen molar-refractivity contribution < 1.29 is 19.6 Å². The van der Waals surface area contributed by atoms with Crippen LogP contribution in [0.4, 0.5) is 11.4 Å². The highest BCUT2D eigenvalue weighted by molar-refractivity contribution is 6.39. The lowest BCUT2D eigenvalue weighted by atomic mass is 10.2. The molecule has 0 fully saturated rings. The molecule has 3 N–H and O–H groups in total. The monoisotopic (exact) mass is 360 g/mol. The second-order valence-electron chi connectivity index (χ2n) is 5.84. The minimum Gasteiger partial charge on any atom is -0.387 e. The van der Waals surface area contributed by atoms with Crippen LogP contribution < -0.4 is 10.6 Å². The second kappa shape index (κ2) is 8.26. The topological polar surface area (TPSA) is 127 Å². The van der Waals surface area contributed by atoms with Crippen LogP contribution in [0.15, 0.2) is 36.5 Å². The van der Waals surface area contributed by atoms with E-state index in [9.17, 15) is 24.8 Å². The van der Waals surface area contributed by atoms with Crippen molar-refractivity contribution >= 4 is 23.2 Å². The molecule has 1 heterocycles. The summed E-state index contributed by atoms with van der Waals surface area (Å²) in [4.78, 5) is 34.2. The third-order valence-electron chi connectivity index (χ3n) is 3.83. The number of hydrogen-bond acceptors (Lipinski definition) is 5. The summed E-state index contributed by atoms with van der Waals surface area (Å²) in [6.07, 6.45) is 1.23. The van der Waals surface area contributed by atoms with Crippen LogP contribution in [0, 0.1) is 17.0 Å². The summed E-state index contributed by atoms with van der Waals surface area (Å²) in [7, 11) is 1.79. The van der Waals surface area contributed by atoms with Crippen LogP contribution in [0.25, 0.3) is 0 Å². The van der Waals surface area contributed by atoms with E-state index < -0.39 is 22.8 Å². The van der Waals surface area contributed by atoms with E-state index in [0.29, 0.717) is 11.3 Å². The number of nitro benzene ring substituents is 1. The lowest BCUT2D eigenvalue weighted by molar-refractivity contribution is -0.384. The number of anilines is 1. The summed E-state index contributed by atoms with van der Waals surface area (Å²) in [6.45, 7) is 1.76. The molecule has 0 saturated carbocycles. The highest BCUT2D eigenvalue weighted by Crippen LogP contribution is 2.25. The molecular weight excluding hydrogens is 340 g/mol. The number of rotatable bonds is 6. The highest BCUT2D eigenvalue weighted by atomic mass is 16.6. The lowest BCUT2D eigenvalue weighted by Crippen LogP contribution is -2.36. The molecule has 0 bridgehead atoms. The molecule has 2 aromatic rings. The Morgan fingerprint density at radius 2 is 2.04 bits per heavy atom. The van der Waals surface area contributed by atoms with Crippen molar-refractivity contribution in [3.63, 3.8) is 0 Å². The number of carbonyl (C=O) groups is 2. The fourth-order valence-corrected chi connectivity index (χ4v) is 2.45. The number of aliphatic hydroxyl groups is 1. The van der Waals surface area contributed by atoms with Gasteiger partial charge in [0.05, 0.1) is 11.0 Å². The summed E-state index contributed by atoms with van der Waals surface area (Å²) < 4.78 is 1.76. The number of amides is 2. The van der Waals surface area contributed by atoms with Crippen LogP contribution in [0.1, 0.15) is 23.8 Å². The van der Waals surface area contributed by atoms with E-state index in [1.165, 1.54) is 12.1 Å². The maximum absolute atomic E-state index is 11.9. The van der Waals surface area contributed by atoms with Crippen LogP contribution in [0.3, 0.4) is 0 Å². The zero-order chi connectivity index (χ0) is 19.3. The summed E-state index contributed by atoms with van der Waals surface area (Å²) >= 11 is 0. The predicted molar refractivity (Wildman–Crippen MR) is 94.5 cm³/mol. The molecule has 1 aromatic carbocycles. The first-order chi connectivity index (χ1) is 12.3. The van der Waals surface area contributed by atoms with Crippen molar-refractivity contribution in [1.29, 1.82) is 0 Å². The van der Waals surface area contributed by atoms with E-state index in [1.54, 1.807) is 42.9 Å². The van der Waals surface area contributed by atoms with E-state index in [0.717, 1.165) is 0 Å². The van der Waals surface area contributed by atoms with E-state index in [2.05, 4.69) is 10.6 Å². The number of carbonyl (C=O) groups excluding carboxylic acids is 2. The molecular formula is C17H20N4O5. The van der Waals surface area contributed by atoms with Gasteiger partial charge in [0.2, 0.25) is 0 Å². The Kier molecular flexibility index (Phi) is 6.07. The normalized spacial score (nSPS) is 11.7. The number of hydrogen-bond donors (Lipinski definition) is 3. The van der Waals surface area contributed by atoms with Gasteiger partial charge >= 0.3 is 11.8 Å². The predicted octanol–water partition coefficient (Wildman–Crippen LogP) is 1.42. The first kappa shape index (κ1) is 19.1. The number of aryl methyl sites for hydroxylation is 2. The van der Waals surface area contributed by atoms with Gasteiger partial charge in [-0.1, -0.05) is 6.07 Å². The molecule has 0 aliphatic carbocycles. The molecule has 9 nitrogen and oxygen atoms in total. The number of aliphatic hydroxyl groups excluding tert-OH is 1. The number of nitro groups is 1. The molecule has 1 aromatic heterocycles. The third-order valence-corrected chi connectivity index (χ3v) is 3.83. The van der Waals surface area contributed by atoms with Crippen LogP contribution >= 0.6 is 0 Å². The van der Waals surface area contributed by atoms with Crippen LogP contribution in [0.5, 0.6) is 0 Å². The van der Waals surface area contributed by atoms with Crippen LogP contribution in [-0.4, -0.2) is 33.0 Å². The van der Waals surface area contributed by atoms with Gasteiger partial charge in [-0.3, -0.25) is 19.7 Å². The van der Waals surface area contributed by atoms with Gasteiger partial charge in [0.25, 0.3) is 5.69 Å². The molecule has 0 saturated heterocycles. The minimum atomic E-state index is -1.01. The van der Waals surface area contributed by atoms with Crippen LogP contribution in [-0.2, 0) is 16.6 Å². The summed E-state index contributed by atoms with van der Waals surface area (Å²) in [5.74, 6) is -1.94. The Bertz CT molecular complexity index is 830. The van der Waals surface area contributed by atoms with Crippen LogP contribution in [0.2, 0.25) is 0 Å². The van der Waals surface area contributed by atoms with Crippen molar-refractivity contribution in [3.05, 3.63) is 57.9 Å². The van der Waals surface area contributed by atoms with E-state index >= 15 is 0 Å². The summed E-state index contributed by atoms with van der Waals surface area (Å²) in [5, 5.41) is 25.7. The van der Waals surface area contributed by atoms with Gasteiger partial charge in [0.1, 0.15) is 5.69 Å². The fourth-order valence-electron chi connectivity index (χ4n) is 2.45. The second-order valence-corrected chi connectivity index (χ2v) is 5.84. The Morgan fingerprint density at radius 1 is 1.31 bits per heavy atom. The van der Waals surface area contributed by atoms with E-state index in [4.69, 9.17) is 0 Å². The van der Waals surface area contributed by atoms with Crippen molar-refractivity contribution in [1.82, 2.24) is 9.88 Å². The largest absolute Gasteiger partial charge is 0.387 e. The summed E-state index contributed by atoms with van der Waals surface area (Å²) in [6, 6.07) is 7.83. The first-order valence-electron chi connectivity index (χ1n) is 7.93. The zero-order valence-corrected chi connectivity index (χ0v) is 14.4. The molecule has 2 amide bonds. The molecule has 9 heteroatoms. The zero-order valence-electron chi connectivity index (χ0n) is 14.4.